The first-order valence-corrected chi connectivity index (χ1v) is 11.0. The van der Waals surface area contributed by atoms with Crippen molar-refractivity contribution in [3.63, 3.8) is 0 Å². The molecule has 0 radical (unpaired) electrons. The molecular formula is C19H26N2O4S. The van der Waals surface area contributed by atoms with Gasteiger partial charge in [0.1, 0.15) is 6.04 Å². The summed E-state index contributed by atoms with van der Waals surface area (Å²) in [6, 6.07) is -0.420. The predicted octanol–water partition coefficient (Wildman–Crippen LogP) is 2.44. The summed E-state index contributed by atoms with van der Waals surface area (Å²) in [5, 5.41) is 3.19. The average molecular weight is 378 g/mol. The lowest BCUT2D eigenvalue weighted by Crippen LogP contribution is -2.45. The van der Waals surface area contributed by atoms with Crippen LogP contribution < -0.4 is 5.32 Å². The molecule has 3 rings (SSSR count). The zero-order chi connectivity index (χ0) is 18.7. The molecule has 1 saturated heterocycles. The fourth-order valence-electron chi connectivity index (χ4n) is 3.55. The fourth-order valence-corrected chi connectivity index (χ4v) is 5.13. The summed E-state index contributed by atoms with van der Waals surface area (Å²) in [5.74, 6) is -0.130. The van der Waals surface area contributed by atoms with Gasteiger partial charge in [-0.15, -0.1) is 0 Å². The highest BCUT2D eigenvalue weighted by Gasteiger charge is 2.36. The second-order valence-electron chi connectivity index (χ2n) is 6.75. The number of ether oxygens (including phenoxy) is 1. The van der Waals surface area contributed by atoms with Gasteiger partial charge in [0.2, 0.25) is 0 Å². The summed E-state index contributed by atoms with van der Waals surface area (Å²) < 4.78 is 30.6. The zero-order valence-corrected chi connectivity index (χ0v) is 16.2. The summed E-state index contributed by atoms with van der Waals surface area (Å²) >= 11 is 0. The number of carbonyl (C=O) groups excluding carboxylic acids is 1. The number of allylic oxidation sites excluding steroid dienone is 3. The third-order valence-corrected chi connectivity index (χ3v) is 6.74. The summed E-state index contributed by atoms with van der Waals surface area (Å²) in [7, 11) is -3.35. The van der Waals surface area contributed by atoms with Crippen molar-refractivity contribution in [2.45, 2.75) is 52.0 Å². The molecule has 1 N–H and O–H groups in total. The smallest absolute Gasteiger partial charge is 0.323 e. The molecule has 2 aliphatic heterocycles. The van der Waals surface area contributed by atoms with E-state index in [4.69, 9.17) is 4.74 Å². The number of hydrogen-bond donors (Lipinski definition) is 1. The van der Waals surface area contributed by atoms with E-state index in [2.05, 4.69) is 17.2 Å². The number of aliphatic imine (C=N–C) groups is 1. The Labute approximate surface area is 155 Å². The molecule has 2 heterocycles. The minimum atomic E-state index is -3.35. The van der Waals surface area contributed by atoms with Crippen LogP contribution in [-0.4, -0.2) is 45.0 Å². The van der Waals surface area contributed by atoms with E-state index in [1.807, 2.05) is 6.08 Å². The van der Waals surface area contributed by atoms with E-state index in [0.29, 0.717) is 43.0 Å². The Morgan fingerprint density at radius 3 is 2.85 bits per heavy atom. The normalized spacial score (nSPS) is 22.2. The first-order chi connectivity index (χ1) is 12.5. The Kier molecular flexibility index (Phi) is 5.77. The summed E-state index contributed by atoms with van der Waals surface area (Å²) in [4.78, 5) is 17.0. The van der Waals surface area contributed by atoms with Gasteiger partial charge < -0.3 is 4.74 Å². The van der Waals surface area contributed by atoms with Crippen molar-refractivity contribution >= 4 is 21.5 Å². The second kappa shape index (κ2) is 7.88. The third-order valence-electron chi connectivity index (χ3n) is 4.92. The number of unbranched alkanes of at least 4 members (excludes halogenated alkanes) is 2. The van der Waals surface area contributed by atoms with E-state index in [9.17, 15) is 13.2 Å². The largest absolute Gasteiger partial charge is 0.465 e. The standard InChI is InChI=1S/C19H26N2O4S/c1-3-5-6-10-26(23,24)17-9-7-8-13-14-12-20-16(19(22)25-4-2)11-15(14)21-18(13)17/h7,9,16,20H,3-6,8,10-12H2,1-2H3. The molecule has 1 aliphatic carbocycles. The molecule has 1 atom stereocenters. The summed E-state index contributed by atoms with van der Waals surface area (Å²) in [5.41, 5.74) is 3.41. The number of esters is 1. The number of nitrogens with zero attached hydrogens (tertiary/aromatic N) is 1. The molecule has 0 bridgehead atoms. The van der Waals surface area contributed by atoms with Gasteiger partial charge in [-0.2, -0.15) is 0 Å². The molecule has 7 heteroatoms. The zero-order valence-electron chi connectivity index (χ0n) is 15.4. The molecule has 1 fully saturated rings. The van der Waals surface area contributed by atoms with Crippen molar-refractivity contribution in [2.75, 3.05) is 18.9 Å². The van der Waals surface area contributed by atoms with Crippen molar-refractivity contribution < 1.29 is 17.9 Å². The van der Waals surface area contributed by atoms with Gasteiger partial charge >= 0.3 is 5.97 Å². The number of rotatable bonds is 7. The number of hydrogen-bond acceptors (Lipinski definition) is 6. The van der Waals surface area contributed by atoms with Gasteiger partial charge in [0.15, 0.2) is 9.84 Å². The van der Waals surface area contributed by atoms with Crippen molar-refractivity contribution in [2.24, 2.45) is 4.99 Å². The molecule has 0 aromatic carbocycles. The Balaban J connectivity index is 1.88. The molecule has 3 aliphatic rings. The van der Waals surface area contributed by atoms with Crippen molar-refractivity contribution in [1.82, 2.24) is 5.32 Å². The summed E-state index contributed by atoms with van der Waals surface area (Å²) in [6.07, 6.45) is 7.25. The molecule has 142 valence electrons. The molecular weight excluding hydrogens is 352 g/mol. The van der Waals surface area contributed by atoms with E-state index in [1.165, 1.54) is 0 Å². The second-order valence-corrected chi connectivity index (χ2v) is 8.83. The quantitative estimate of drug-likeness (QED) is 0.543. The number of piperidine rings is 1. The van der Waals surface area contributed by atoms with Gasteiger partial charge in [-0.25, -0.2) is 8.42 Å². The van der Waals surface area contributed by atoms with Gasteiger partial charge in [0, 0.05) is 18.7 Å². The maximum Gasteiger partial charge on any atom is 0.323 e. The molecule has 0 aromatic heterocycles. The van der Waals surface area contributed by atoms with Crippen molar-refractivity contribution in [3.05, 3.63) is 33.9 Å². The highest BCUT2D eigenvalue weighted by atomic mass is 32.2. The molecule has 0 spiro atoms. The van der Waals surface area contributed by atoms with Crippen LogP contribution >= 0.6 is 0 Å². The lowest BCUT2D eigenvalue weighted by Gasteiger charge is -2.24. The van der Waals surface area contributed by atoms with E-state index in [0.717, 1.165) is 29.7 Å². The first kappa shape index (κ1) is 19.0. The molecule has 1 unspecified atom stereocenters. The topological polar surface area (TPSA) is 84.8 Å². The van der Waals surface area contributed by atoms with E-state index < -0.39 is 15.9 Å². The average Bonchev–Trinajstić information content (AvgIpc) is 2.99. The number of fused-ring (bicyclic) bond motifs is 2. The monoisotopic (exact) mass is 378 g/mol. The van der Waals surface area contributed by atoms with Crippen LogP contribution in [0.4, 0.5) is 0 Å². The van der Waals surface area contributed by atoms with Gasteiger partial charge in [0.25, 0.3) is 0 Å². The van der Waals surface area contributed by atoms with E-state index >= 15 is 0 Å². The molecule has 26 heavy (non-hydrogen) atoms. The Morgan fingerprint density at radius 2 is 2.12 bits per heavy atom. The molecule has 0 amide bonds. The Hall–Kier alpha value is -1.73. The van der Waals surface area contributed by atoms with Crippen LogP contribution in [0.5, 0.6) is 0 Å². The third kappa shape index (κ3) is 3.69. The van der Waals surface area contributed by atoms with Gasteiger partial charge in [0.05, 0.1) is 23.0 Å². The number of sulfone groups is 1. The Bertz CT molecular complexity index is 818. The molecule has 0 aromatic rings. The number of carbonyl (C=O) groups is 1. The summed E-state index contributed by atoms with van der Waals surface area (Å²) in [6.45, 7) is 4.69. The lowest BCUT2D eigenvalue weighted by atomic mass is 9.93. The maximum absolute atomic E-state index is 12.8. The predicted molar refractivity (Wildman–Crippen MR) is 102 cm³/mol. The Morgan fingerprint density at radius 1 is 1.31 bits per heavy atom. The lowest BCUT2D eigenvalue weighted by molar-refractivity contribution is -0.145. The van der Waals surface area contributed by atoms with Crippen LogP contribution in [0.25, 0.3) is 0 Å². The fraction of sp³-hybridized carbons (Fsp3) is 0.579. The highest BCUT2D eigenvalue weighted by Crippen LogP contribution is 2.38. The minimum absolute atomic E-state index is 0.154. The van der Waals surface area contributed by atoms with Crippen LogP contribution in [0.2, 0.25) is 0 Å². The highest BCUT2D eigenvalue weighted by molar-refractivity contribution is 7.95. The minimum Gasteiger partial charge on any atom is -0.465 e. The maximum atomic E-state index is 12.8. The van der Waals surface area contributed by atoms with E-state index in [1.54, 1.807) is 13.0 Å². The van der Waals surface area contributed by atoms with Crippen molar-refractivity contribution in [1.29, 1.82) is 0 Å². The van der Waals surface area contributed by atoms with Crippen LogP contribution in [0, 0.1) is 0 Å². The van der Waals surface area contributed by atoms with Gasteiger partial charge in [-0.05, 0) is 37.0 Å². The van der Waals surface area contributed by atoms with Crippen LogP contribution in [0.3, 0.4) is 0 Å². The SMILES string of the molecule is CCCCCS(=O)(=O)C1=C2N=C3CC(C(=O)OCC)NCC3=C2CC=C1. The van der Waals surface area contributed by atoms with Crippen LogP contribution in [0.1, 0.15) is 46.0 Å². The van der Waals surface area contributed by atoms with Gasteiger partial charge in [-0.1, -0.05) is 25.8 Å². The first-order valence-electron chi connectivity index (χ1n) is 9.31. The molecule has 0 saturated carbocycles. The molecule has 6 nitrogen and oxygen atoms in total. The van der Waals surface area contributed by atoms with Gasteiger partial charge in [-0.3, -0.25) is 15.1 Å². The number of nitrogens with one attached hydrogen (secondary N) is 1. The van der Waals surface area contributed by atoms with Crippen LogP contribution in [0.15, 0.2) is 38.9 Å². The van der Waals surface area contributed by atoms with Crippen LogP contribution in [-0.2, 0) is 19.4 Å². The van der Waals surface area contributed by atoms with E-state index in [-0.39, 0.29) is 11.7 Å². The van der Waals surface area contributed by atoms with Crippen molar-refractivity contribution in [3.8, 4) is 0 Å².